The summed E-state index contributed by atoms with van der Waals surface area (Å²) in [4.78, 5) is 13.9. The van der Waals surface area contributed by atoms with Gasteiger partial charge in [-0.15, -0.1) is 0 Å². The van der Waals surface area contributed by atoms with Crippen LogP contribution in [-0.4, -0.2) is 12.0 Å². The summed E-state index contributed by atoms with van der Waals surface area (Å²) in [6.07, 6.45) is 0. The first kappa shape index (κ1) is 13.6. The van der Waals surface area contributed by atoms with Gasteiger partial charge in [-0.2, -0.15) is 0 Å². The minimum Gasteiger partial charge on any atom is -0.408 e. The Kier molecular flexibility index (Phi) is 3.39. The van der Waals surface area contributed by atoms with Gasteiger partial charge in [0.2, 0.25) is 0 Å². The smallest absolute Gasteiger partial charge is 0.408 e. The second kappa shape index (κ2) is 5.22. The molecule has 0 spiro atoms. The standard InChI is InChI=1S/C17H18N2O2/c1-10-4-6-13(11(2)8-10)16(18-3)12-5-7-14-15(9-12)21-17(20)19-14/h4-9,16,18H,1-3H3,(H,19,20). The molecule has 4 heteroatoms. The summed E-state index contributed by atoms with van der Waals surface area (Å²) < 4.78 is 5.15. The van der Waals surface area contributed by atoms with Crippen LogP contribution in [0.3, 0.4) is 0 Å². The topological polar surface area (TPSA) is 58.0 Å². The number of aromatic nitrogens is 1. The van der Waals surface area contributed by atoms with Crippen molar-refractivity contribution in [1.82, 2.24) is 10.3 Å². The van der Waals surface area contributed by atoms with Gasteiger partial charge in [0.25, 0.3) is 0 Å². The van der Waals surface area contributed by atoms with E-state index in [1.807, 2.05) is 25.2 Å². The molecular formula is C17H18N2O2. The third-order valence-corrected chi connectivity index (χ3v) is 3.80. The highest BCUT2D eigenvalue weighted by atomic mass is 16.4. The number of rotatable bonds is 3. The molecule has 4 nitrogen and oxygen atoms in total. The average molecular weight is 282 g/mol. The molecule has 0 aliphatic heterocycles. The van der Waals surface area contributed by atoms with Crippen LogP contribution in [0.5, 0.6) is 0 Å². The van der Waals surface area contributed by atoms with E-state index >= 15 is 0 Å². The lowest BCUT2D eigenvalue weighted by Crippen LogP contribution is -2.18. The van der Waals surface area contributed by atoms with Gasteiger partial charge in [0.1, 0.15) is 0 Å². The Morgan fingerprint density at radius 1 is 1.14 bits per heavy atom. The Morgan fingerprint density at radius 2 is 1.95 bits per heavy atom. The van der Waals surface area contributed by atoms with Crippen LogP contribution in [0, 0.1) is 13.8 Å². The van der Waals surface area contributed by atoms with E-state index in [9.17, 15) is 4.79 Å². The van der Waals surface area contributed by atoms with E-state index in [4.69, 9.17) is 4.42 Å². The number of nitrogens with one attached hydrogen (secondary N) is 2. The summed E-state index contributed by atoms with van der Waals surface area (Å²) in [6, 6.07) is 12.3. The van der Waals surface area contributed by atoms with Gasteiger partial charge >= 0.3 is 5.76 Å². The molecule has 0 aliphatic rings. The number of H-pyrrole nitrogens is 1. The molecule has 0 fully saturated rings. The van der Waals surface area contributed by atoms with Crippen molar-refractivity contribution in [3.05, 3.63) is 69.2 Å². The van der Waals surface area contributed by atoms with E-state index in [1.165, 1.54) is 16.7 Å². The lowest BCUT2D eigenvalue weighted by molar-refractivity contribution is 0.554. The van der Waals surface area contributed by atoms with Crippen molar-refractivity contribution in [3.63, 3.8) is 0 Å². The Hall–Kier alpha value is -2.33. The highest BCUT2D eigenvalue weighted by molar-refractivity contribution is 5.73. The van der Waals surface area contributed by atoms with Gasteiger partial charge in [-0.25, -0.2) is 4.79 Å². The maximum atomic E-state index is 11.3. The van der Waals surface area contributed by atoms with Crippen LogP contribution in [-0.2, 0) is 0 Å². The fourth-order valence-corrected chi connectivity index (χ4v) is 2.79. The predicted octanol–water partition coefficient (Wildman–Crippen LogP) is 3.05. The molecule has 0 bridgehead atoms. The van der Waals surface area contributed by atoms with Gasteiger partial charge in [-0.3, -0.25) is 4.98 Å². The molecule has 3 rings (SSSR count). The van der Waals surface area contributed by atoms with Crippen molar-refractivity contribution >= 4 is 11.1 Å². The van der Waals surface area contributed by atoms with E-state index in [0.717, 1.165) is 11.1 Å². The Bertz CT molecular complexity index is 845. The number of hydrogen-bond donors (Lipinski definition) is 2. The SMILES string of the molecule is CNC(c1ccc2[nH]c(=O)oc2c1)c1ccc(C)cc1C. The van der Waals surface area contributed by atoms with Gasteiger partial charge in [0.05, 0.1) is 11.6 Å². The largest absolute Gasteiger partial charge is 0.417 e. The third kappa shape index (κ3) is 2.50. The summed E-state index contributed by atoms with van der Waals surface area (Å²) in [5.74, 6) is -0.422. The molecule has 1 unspecified atom stereocenters. The highest BCUT2D eigenvalue weighted by Gasteiger charge is 2.15. The minimum absolute atomic E-state index is 0.0650. The highest BCUT2D eigenvalue weighted by Crippen LogP contribution is 2.27. The number of hydrogen-bond acceptors (Lipinski definition) is 3. The summed E-state index contributed by atoms with van der Waals surface area (Å²) in [5, 5.41) is 3.34. The van der Waals surface area contributed by atoms with Crippen LogP contribution in [0.15, 0.2) is 45.6 Å². The van der Waals surface area contributed by atoms with Crippen LogP contribution in [0.2, 0.25) is 0 Å². The quantitative estimate of drug-likeness (QED) is 0.776. The van der Waals surface area contributed by atoms with Gasteiger partial charge in [-0.05, 0) is 49.7 Å². The molecule has 0 amide bonds. The molecule has 21 heavy (non-hydrogen) atoms. The first-order chi connectivity index (χ1) is 10.1. The summed E-state index contributed by atoms with van der Waals surface area (Å²) >= 11 is 0. The van der Waals surface area contributed by atoms with Crippen molar-refractivity contribution in [3.8, 4) is 0 Å². The van der Waals surface area contributed by atoms with Crippen molar-refractivity contribution in [2.24, 2.45) is 0 Å². The number of aryl methyl sites for hydroxylation is 2. The van der Waals surface area contributed by atoms with Crippen LogP contribution in [0.25, 0.3) is 11.1 Å². The van der Waals surface area contributed by atoms with E-state index < -0.39 is 5.76 Å². The van der Waals surface area contributed by atoms with E-state index in [0.29, 0.717) is 5.58 Å². The molecule has 0 aliphatic carbocycles. The summed E-state index contributed by atoms with van der Waals surface area (Å²) in [6.45, 7) is 4.20. The molecule has 1 aromatic heterocycles. The molecule has 1 heterocycles. The summed E-state index contributed by atoms with van der Waals surface area (Å²) in [5.41, 5.74) is 6.09. The second-order valence-electron chi connectivity index (χ2n) is 5.35. The Morgan fingerprint density at radius 3 is 2.67 bits per heavy atom. The molecule has 0 saturated heterocycles. The maximum Gasteiger partial charge on any atom is 0.417 e. The zero-order valence-electron chi connectivity index (χ0n) is 12.4. The molecule has 0 radical (unpaired) electrons. The van der Waals surface area contributed by atoms with Crippen molar-refractivity contribution in [2.75, 3.05) is 7.05 Å². The lowest BCUT2D eigenvalue weighted by atomic mass is 9.94. The first-order valence-electron chi connectivity index (χ1n) is 6.95. The normalized spacial score (nSPS) is 12.7. The van der Waals surface area contributed by atoms with Crippen molar-refractivity contribution in [1.29, 1.82) is 0 Å². The van der Waals surface area contributed by atoms with Gasteiger partial charge in [0, 0.05) is 0 Å². The van der Waals surface area contributed by atoms with E-state index in [-0.39, 0.29) is 6.04 Å². The zero-order chi connectivity index (χ0) is 15.0. The van der Waals surface area contributed by atoms with Crippen LogP contribution >= 0.6 is 0 Å². The van der Waals surface area contributed by atoms with Crippen LogP contribution in [0.1, 0.15) is 28.3 Å². The Balaban J connectivity index is 2.10. The third-order valence-electron chi connectivity index (χ3n) is 3.80. The second-order valence-corrected chi connectivity index (χ2v) is 5.35. The number of fused-ring (bicyclic) bond motifs is 1. The van der Waals surface area contributed by atoms with Gasteiger partial charge < -0.3 is 9.73 Å². The average Bonchev–Trinajstić information content (AvgIpc) is 2.81. The molecule has 1 atom stereocenters. The molecule has 2 aromatic carbocycles. The van der Waals surface area contributed by atoms with E-state index in [2.05, 4.69) is 42.3 Å². The van der Waals surface area contributed by atoms with E-state index in [1.54, 1.807) is 0 Å². The zero-order valence-corrected chi connectivity index (χ0v) is 12.4. The van der Waals surface area contributed by atoms with Crippen LogP contribution < -0.4 is 11.1 Å². The fourth-order valence-electron chi connectivity index (χ4n) is 2.79. The molecule has 3 aromatic rings. The molecular weight excluding hydrogens is 264 g/mol. The summed E-state index contributed by atoms with van der Waals surface area (Å²) in [7, 11) is 1.93. The lowest BCUT2D eigenvalue weighted by Gasteiger charge is -2.19. The Labute approximate surface area is 122 Å². The monoisotopic (exact) mass is 282 g/mol. The number of oxazole rings is 1. The minimum atomic E-state index is -0.422. The maximum absolute atomic E-state index is 11.3. The van der Waals surface area contributed by atoms with Crippen molar-refractivity contribution in [2.45, 2.75) is 19.9 Å². The van der Waals surface area contributed by atoms with Crippen molar-refractivity contribution < 1.29 is 4.42 Å². The number of aromatic amines is 1. The van der Waals surface area contributed by atoms with Gasteiger partial charge in [-0.1, -0.05) is 29.8 Å². The predicted molar refractivity (Wildman–Crippen MR) is 83.7 cm³/mol. The molecule has 2 N–H and O–H groups in total. The van der Waals surface area contributed by atoms with Crippen LogP contribution in [0.4, 0.5) is 0 Å². The number of benzene rings is 2. The molecule has 108 valence electrons. The first-order valence-corrected chi connectivity index (χ1v) is 6.95. The fraction of sp³-hybridized carbons (Fsp3) is 0.235. The molecule has 0 saturated carbocycles. The van der Waals surface area contributed by atoms with Gasteiger partial charge in [0.15, 0.2) is 5.58 Å².